The van der Waals surface area contributed by atoms with Gasteiger partial charge in [0.2, 0.25) is 5.91 Å². The van der Waals surface area contributed by atoms with E-state index in [1.807, 2.05) is 4.90 Å². The quantitative estimate of drug-likeness (QED) is 0.870. The molecule has 0 radical (unpaired) electrons. The Hall–Kier alpha value is -1.00. The molecule has 1 aliphatic heterocycles. The molecule has 1 aliphatic rings. The Labute approximate surface area is 132 Å². The second-order valence-electron chi connectivity index (χ2n) is 6.79. The summed E-state index contributed by atoms with van der Waals surface area (Å²) in [6.45, 7) is 9.01. The molecule has 3 nitrogen and oxygen atoms in total. The minimum absolute atomic E-state index is 0.172. The first-order valence-corrected chi connectivity index (χ1v) is 8.60. The lowest BCUT2D eigenvalue weighted by molar-refractivity contribution is -0.127. The van der Waals surface area contributed by atoms with Crippen molar-refractivity contribution in [2.24, 2.45) is 11.7 Å². The number of benzene rings is 1. The molecule has 1 fully saturated rings. The van der Waals surface area contributed by atoms with E-state index >= 15 is 0 Å². The van der Waals surface area contributed by atoms with Gasteiger partial charge in [-0.15, -0.1) is 11.8 Å². The van der Waals surface area contributed by atoms with Gasteiger partial charge in [-0.1, -0.05) is 32.9 Å². The number of amides is 1. The molecule has 21 heavy (non-hydrogen) atoms. The Morgan fingerprint density at radius 2 is 2.00 bits per heavy atom. The lowest BCUT2D eigenvalue weighted by atomic mass is 9.87. The van der Waals surface area contributed by atoms with E-state index in [0.29, 0.717) is 18.2 Å². The number of rotatable bonds is 4. The van der Waals surface area contributed by atoms with E-state index in [0.717, 1.165) is 24.4 Å². The molecule has 1 aromatic carbocycles. The van der Waals surface area contributed by atoms with E-state index in [9.17, 15) is 4.79 Å². The van der Waals surface area contributed by atoms with Gasteiger partial charge in [0.05, 0.1) is 5.75 Å². The molecule has 1 aromatic rings. The number of carbonyl (C=O) groups is 1. The average Bonchev–Trinajstić information content (AvgIpc) is 2.93. The molecule has 4 heteroatoms. The number of nitrogens with zero attached hydrogens (tertiary/aromatic N) is 1. The number of thioether (sulfide) groups is 1. The van der Waals surface area contributed by atoms with Crippen LogP contribution in [0.3, 0.4) is 0 Å². The normalized spacial score (nSPS) is 19.0. The van der Waals surface area contributed by atoms with Gasteiger partial charge in [0.25, 0.3) is 0 Å². The Bertz CT molecular complexity index is 479. The highest BCUT2D eigenvalue weighted by Crippen LogP contribution is 2.26. The highest BCUT2D eigenvalue weighted by atomic mass is 32.2. The summed E-state index contributed by atoms with van der Waals surface area (Å²) in [6, 6.07) is 8.55. The van der Waals surface area contributed by atoms with Gasteiger partial charge in [0.15, 0.2) is 0 Å². The minimum atomic E-state index is 0.172. The minimum Gasteiger partial charge on any atom is -0.342 e. The largest absolute Gasteiger partial charge is 0.342 e. The first kappa shape index (κ1) is 16.4. The Balaban J connectivity index is 1.84. The van der Waals surface area contributed by atoms with Gasteiger partial charge in [-0.2, -0.15) is 0 Å². The van der Waals surface area contributed by atoms with E-state index < -0.39 is 0 Å². The number of nitrogens with two attached hydrogens (primary N) is 1. The summed E-state index contributed by atoms with van der Waals surface area (Å²) in [5.74, 6) is 1.24. The third-order valence-corrected chi connectivity index (χ3v) is 5.05. The van der Waals surface area contributed by atoms with Crippen LogP contribution < -0.4 is 5.73 Å². The van der Waals surface area contributed by atoms with Crippen LogP contribution >= 0.6 is 11.8 Å². The maximum absolute atomic E-state index is 12.2. The monoisotopic (exact) mass is 306 g/mol. The topological polar surface area (TPSA) is 46.3 Å². The molecule has 0 spiro atoms. The SMILES string of the molecule is CC(C)(C)c1ccc(SCC(=O)N2CCC(CN)C2)cc1. The molecule has 0 saturated carbocycles. The van der Waals surface area contributed by atoms with Crippen LogP contribution in [0.25, 0.3) is 0 Å². The van der Waals surface area contributed by atoms with E-state index in [-0.39, 0.29) is 11.3 Å². The van der Waals surface area contributed by atoms with Crippen LogP contribution in [0.5, 0.6) is 0 Å². The second kappa shape index (κ2) is 6.84. The van der Waals surface area contributed by atoms with Gasteiger partial charge < -0.3 is 10.6 Å². The van der Waals surface area contributed by atoms with Gasteiger partial charge in [-0.05, 0) is 42.0 Å². The first-order chi connectivity index (χ1) is 9.90. The van der Waals surface area contributed by atoms with Gasteiger partial charge >= 0.3 is 0 Å². The number of likely N-dealkylation sites (tertiary alicyclic amines) is 1. The maximum Gasteiger partial charge on any atom is 0.232 e. The van der Waals surface area contributed by atoms with E-state index in [1.165, 1.54) is 5.56 Å². The molecule has 1 saturated heterocycles. The lowest BCUT2D eigenvalue weighted by Gasteiger charge is -2.19. The molecule has 0 aromatic heterocycles. The third-order valence-electron chi connectivity index (χ3n) is 4.05. The summed E-state index contributed by atoms with van der Waals surface area (Å²) in [6.07, 6.45) is 1.05. The zero-order chi connectivity index (χ0) is 15.5. The number of hydrogen-bond acceptors (Lipinski definition) is 3. The molecule has 1 unspecified atom stereocenters. The molecule has 2 rings (SSSR count). The van der Waals surface area contributed by atoms with Gasteiger partial charge in [-0.3, -0.25) is 4.79 Å². The fourth-order valence-electron chi connectivity index (χ4n) is 2.54. The van der Waals surface area contributed by atoms with Gasteiger partial charge in [0.1, 0.15) is 0 Å². The zero-order valence-electron chi connectivity index (χ0n) is 13.3. The average molecular weight is 306 g/mol. The van der Waals surface area contributed by atoms with Crippen molar-refractivity contribution < 1.29 is 4.79 Å². The maximum atomic E-state index is 12.2. The lowest BCUT2D eigenvalue weighted by Crippen LogP contribution is -2.31. The highest BCUT2D eigenvalue weighted by Gasteiger charge is 2.24. The van der Waals surface area contributed by atoms with E-state index in [2.05, 4.69) is 45.0 Å². The Morgan fingerprint density at radius 1 is 1.33 bits per heavy atom. The summed E-state index contributed by atoms with van der Waals surface area (Å²) in [7, 11) is 0. The van der Waals surface area contributed by atoms with Crippen molar-refractivity contribution in [1.82, 2.24) is 4.90 Å². The molecule has 0 bridgehead atoms. The number of hydrogen-bond donors (Lipinski definition) is 1. The second-order valence-corrected chi connectivity index (χ2v) is 7.84. The summed E-state index contributed by atoms with van der Waals surface area (Å²) in [5, 5.41) is 0. The molecule has 0 aliphatic carbocycles. The predicted octanol–water partition coefficient (Wildman–Crippen LogP) is 2.88. The Kier molecular flexibility index (Phi) is 5.33. The molecule has 1 heterocycles. The third kappa shape index (κ3) is 4.48. The molecular formula is C17H26N2OS. The fourth-order valence-corrected chi connectivity index (χ4v) is 3.34. The summed E-state index contributed by atoms with van der Waals surface area (Å²) in [5.41, 5.74) is 7.16. The van der Waals surface area contributed by atoms with Crippen LogP contribution in [-0.2, 0) is 10.2 Å². The molecule has 1 atom stereocenters. The smallest absolute Gasteiger partial charge is 0.232 e. The molecular weight excluding hydrogens is 280 g/mol. The van der Waals surface area contributed by atoms with E-state index in [1.54, 1.807) is 11.8 Å². The van der Waals surface area contributed by atoms with Crippen molar-refractivity contribution >= 4 is 17.7 Å². The summed E-state index contributed by atoms with van der Waals surface area (Å²) in [4.78, 5) is 15.3. The van der Waals surface area contributed by atoms with Crippen molar-refractivity contribution in [2.45, 2.75) is 37.5 Å². The van der Waals surface area contributed by atoms with Crippen LogP contribution in [0.4, 0.5) is 0 Å². The van der Waals surface area contributed by atoms with Crippen LogP contribution in [0, 0.1) is 5.92 Å². The van der Waals surface area contributed by atoms with Crippen molar-refractivity contribution in [2.75, 3.05) is 25.4 Å². The van der Waals surface area contributed by atoms with Crippen molar-refractivity contribution in [3.63, 3.8) is 0 Å². The standard InChI is InChI=1S/C17H26N2OS/c1-17(2,3)14-4-6-15(7-5-14)21-12-16(20)19-9-8-13(10-18)11-19/h4-7,13H,8-12,18H2,1-3H3. The summed E-state index contributed by atoms with van der Waals surface area (Å²) >= 11 is 1.62. The Morgan fingerprint density at radius 3 is 2.52 bits per heavy atom. The van der Waals surface area contributed by atoms with Gasteiger partial charge in [-0.25, -0.2) is 0 Å². The highest BCUT2D eigenvalue weighted by molar-refractivity contribution is 8.00. The zero-order valence-corrected chi connectivity index (χ0v) is 14.1. The molecule has 116 valence electrons. The van der Waals surface area contributed by atoms with Crippen molar-refractivity contribution in [3.8, 4) is 0 Å². The fraction of sp³-hybridized carbons (Fsp3) is 0.588. The molecule has 1 amide bonds. The van der Waals surface area contributed by atoms with Crippen LogP contribution in [-0.4, -0.2) is 36.2 Å². The summed E-state index contributed by atoms with van der Waals surface area (Å²) < 4.78 is 0. The molecule has 2 N–H and O–H groups in total. The van der Waals surface area contributed by atoms with Gasteiger partial charge in [0, 0.05) is 18.0 Å². The van der Waals surface area contributed by atoms with Crippen molar-refractivity contribution in [3.05, 3.63) is 29.8 Å². The van der Waals surface area contributed by atoms with Crippen LogP contribution in [0.1, 0.15) is 32.8 Å². The predicted molar refractivity (Wildman–Crippen MR) is 89.6 cm³/mol. The van der Waals surface area contributed by atoms with Crippen molar-refractivity contribution in [1.29, 1.82) is 0 Å². The first-order valence-electron chi connectivity index (χ1n) is 7.61. The van der Waals surface area contributed by atoms with Crippen LogP contribution in [0.15, 0.2) is 29.2 Å². The number of carbonyl (C=O) groups excluding carboxylic acids is 1. The van der Waals surface area contributed by atoms with E-state index in [4.69, 9.17) is 5.73 Å². The van der Waals surface area contributed by atoms with Crippen LogP contribution in [0.2, 0.25) is 0 Å².